The van der Waals surface area contributed by atoms with E-state index in [1.165, 1.54) is 0 Å². The Hall–Kier alpha value is -1.46. The minimum Gasteiger partial charge on any atom is -0.495 e. The molecule has 5 nitrogen and oxygen atoms in total. The van der Waals surface area contributed by atoms with Gasteiger partial charge in [-0.05, 0) is 18.6 Å². The second-order valence-corrected chi connectivity index (χ2v) is 4.10. The summed E-state index contributed by atoms with van der Waals surface area (Å²) in [6.07, 6.45) is 0. The Morgan fingerprint density at radius 3 is 2.76 bits per heavy atom. The molecule has 94 valence electrons. The molecule has 0 aliphatic heterocycles. The highest BCUT2D eigenvalue weighted by Gasteiger charge is 2.11. The van der Waals surface area contributed by atoms with Crippen LogP contribution in [0.4, 0.5) is 5.69 Å². The van der Waals surface area contributed by atoms with Gasteiger partial charge in [-0.2, -0.15) is 0 Å². The van der Waals surface area contributed by atoms with E-state index >= 15 is 0 Å². The summed E-state index contributed by atoms with van der Waals surface area (Å²) in [5.41, 5.74) is 12.2. The van der Waals surface area contributed by atoms with Crippen LogP contribution in [-0.2, 0) is 4.79 Å². The third-order valence-electron chi connectivity index (χ3n) is 2.36. The Morgan fingerprint density at radius 2 is 2.24 bits per heavy atom. The molecular weight excluding hydrogens is 242 g/mol. The second kappa shape index (κ2) is 5.75. The van der Waals surface area contributed by atoms with Crippen LogP contribution in [0.15, 0.2) is 12.1 Å². The first-order valence-corrected chi connectivity index (χ1v) is 5.46. The van der Waals surface area contributed by atoms with Gasteiger partial charge in [0.05, 0.1) is 12.8 Å². The second-order valence-electron chi connectivity index (χ2n) is 3.69. The third-order valence-corrected chi connectivity index (χ3v) is 2.77. The molecule has 6 heteroatoms. The Kier molecular flexibility index (Phi) is 4.60. The smallest absolute Gasteiger partial charge is 0.236 e. The number of ether oxygens (including phenoxy) is 1. The molecule has 1 atom stereocenters. The van der Waals surface area contributed by atoms with E-state index in [2.05, 4.69) is 5.32 Å². The highest BCUT2D eigenvalue weighted by atomic mass is 35.5. The van der Waals surface area contributed by atoms with Crippen molar-refractivity contribution >= 4 is 23.2 Å². The van der Waals surface area contributed by atoms with Gasteiger partial charge in [0.15, 0.2) is 0 Å². The van der Waals surface area contributed by atoms with Crippen LogP contribution in [0, 0.1) is 6.92 Å². The van der Waals surface area contributed by atoms with Gasteiger partial charge in [-0.3, -0.25) is 4.79 Å². The summed E-state index contributed by atoms with van der Waals surface area (Å²) >= 11 is 5.97. The van der Waals surface area contributed by atoms with E-state index in [-0.39, 0.29) is 6.54 Å². The van der Waals surface area contributed by atoms with Crippen molar-refractivity contribution in [1.82, 2.24) is 0 Å². The zero-order valence-corrected chi connectivity index (χ0v) is 10.5. The van der Waals surface area contributed by atoms with E-state index in [9.17, 15) is 4.79 Å². The number of aryl methyl sites for hydroxylation is 1. The van der Waals surface area contributed by atoms with Gasteiger partial charge in [-0.25, -0.2) is 0 Å². The Balaban J connectivity index is 2.83. The molecule has 1 unspecified atom stereocenters. The molecule has 0 fully saturated rings. The van der Waals surface area contributed by atoms with Gasteiger partial charge in [-0.15, -0.1) is 0 Å². The Bertz CT molecular complexity index is 423. The van der Waals surface area contributed by atoms with E-state index in [0.717, 1.165) is 11.3 Å². The minimum absolute atomic E-state index is 0.243. The van der Waals surface area contributed by atoms with Gasteiger partial charge >= 0.3 is 0 Å². The summed E-state index contributed by atoms with van der Waals surface area (Å²) in [4.78, 5) is 10.8. The van der Waals surface area contributed by atoms with Crippen molar-refractivity contribution in [1.29, 1.82) is 0 Å². The normalized spacial score (nSPS) is 12.0. The highest BCUT2D eigenvalue weighted by Crippen LogP contribution is 2.30. The topological polar surface area (TPSA) is 90.4 Å². The molecule has 0 aliphatic rings. The lowest BCUT2D eigenvalue weighted by Crippen LogP contribution is -2.41. The quantitative estimate of drug-likeness (QED) is 0.730. The van der Waals surface area contributed by atoms with Gasteiger partial charge in [0.25, 0.3) is 0 Å². The molecule has 1 aromatic rings. The van der Waals surface area contributed by atoms with Crippen LogP contribution in [0.25, 0.3) is 0 Å². The number of primary amides is 1. The maximum atomic E-state index is 10.8. The fourth-order valence-electron chi connectivity index (χ4n) is 1.29. The van der Waals surface area contributed by atoms with Gasteiger partial charge in [0.1, 0.15) is 11.8 Å². The molecule has 0 aliphatic carbocycles. The fourth-order valence-corrected chi connectivity index (χ4v) is 1.44. The number of anilines is 1. The van der Waals surface area contributed by atoms with Crippen molar-refractivity contribution in [3.05, 3.63) is 22.7 Å². The molecule has 0 radical (unpaired) electrons. The standard InChI is InChI=1S/C11H16ClN3O2/c1-6-3-9(10(17-2)4-7(6)12)15-5-8(13)11(14)16/h3-4,8,15H,5,13H2,1-2H3,(H2,14,16). The lowest BCUT2D eigenvalue weighted by atomic mass is 10.2. The maximum absolute atomic E-state index is 10.8. The lowest BCUT2D eigenvalue weighted by Gasteiger charge is -2.15. The van der Waals surface area contributed by atoms with Crippen LogP contribution in [0.2, 0.25) is 5.02 Å². The van der Waals surface area contributed by atoms with Crippen LogP contribution >= 0.6 is 11.6 Å². The molecular formula is C11H16ClN3O2. The first-order chi connectivity index (χ1) is 7.95. The number of rotatable bonds is 5. The third kappa shape index (κ3) is 3.51. The number of hydrogen-bond donors (Lipinski definition) is 3. The first-order valence-electron chi connectivity index (χ1n) is 5.08. The Labute approximate surface area is 105 Å². The Morgan fingerprint density at radius 1 is 1.59 bits per heavy atom. The summed E-state index contributed by atoms with van der Waals surface area (Å²) in [6, 6.07) is 2.79. The molecule has 1 amide bonds. The predicted molar refractivity (Wildman–Crippen MR) is 68.4 cm³/mol. The molecule has 1 rings (SSSR count). The minimum atomic E-state index is -0.740. The van der Waals surface area contributed by atoms with Crippen molar-refractivity contribution < 1.29 is 9.53 Å². The van der Waals surface area contributed by atoms with Crippen LogP contribution in [-0.4, -0.2) is 25.6 Å². The summed E-state index contributed by atoms with van der Waals surface area (Å²) in [6.45, 7) is 2.12. The number of carbonyl (C=O) groups is 1. The summed E-state index contributed by atoms with van der Waals surface area (Å²) in [5, 5.41) is 3.62. The molecule has 0 heterocycles. The fraction of sp³-hybridized carbons (Fsp3) is 0.364. The number of amides is 1. The van der Waals surface area contributed by atoms with E-state index in [1.807, 2.05) is 13.0 Å². The lowest BCUT2D eigenvalue weighted by molar-refractivity contribution is -0.118. The van der Waals surface area contributed by atoms with Gasteiger partial charge in [-0.1, -0.05) is 11.6 Å². The molecule has 1 aromatic carbocycles. The summed E-state index contributed by atoms with van der Waals surface area (Å²) in [5.74, 6) is 0.0411. The van der Waals surface area contributed by atoms with Crippen LogP contribution in [0.5, 0.6) is 5.75 Å². The van der Waals surface area contributed by atoms with Crippen LogP contribution in [0.1, 0.15) is 5.56 Å². The van der Waals surface area contributed by atoms with Crippen LogP contribution in [0.3, 0.4) is 0 Å². The number of hydrogen-bond acceptors (Lipinski definition) is 4. The highest BCUT2D eigenvalue weighted by molar-refractivity contribution is 6.31. The summed E-state index contributed by atoms with van der Waals surface area (Å²) < 4.78 is 5.17. The van der Waals surface area contributed by atoms with Crippen molar-refractivity contribution in [3.8, 4) is 5.75 Å². The average molecular weight is 258 g/mol. The van der Waals surface area contributed by atoms with Gasteiger partial charge < -0.3 is 21.5 Å². The summed E-state index contributed by atoms with van der Waals surface area (Å²) in [7, 11) is 1.54. The maximum Gasteiger partial charge on any atom is 0.236 e. The largest absolute Gasteiger partial charge is 0.495 e. The predicted octanol–water partition coefficient (Wildman–Crippen LogP) is 0.882. The zero-order valence-electron chi connectivity index (χ0n) is 9.79. The number of nitrogens with one attached hydrogen (secondary N) is 1. The first kappa shape index (κ1) is 13.6. The van der Waals surface area contributed by atoms with Crippen molar-refractivity contribution in [2.75, 3.05) is 19.0 Å². The number of benzene rings is 1. The number of halogens is 1. The number of methoxy groups -OCH3 is 1. The average Bonchev–Trinajstić information content (AvgIpc) is 2.29. The molecule has 0 saturated carbocycles. The zero-order chi connectivity index (χ0) is 13.0. The van der Waals surface area contributed by atoms with Crippen molar-refractivity contribution in [2.45, 2.75) is 13.0 Å². The monoisotopic (exact) mass is 257 g/mol. The molecule has 0 bridgehead atoms. The van der Waals surface area contributed by atoms with E-state index in [1.54, 1.807) is 13.2 Å². The van der Waals surface area contributed by atoms with Crippen molar-refractivity contribution in [2.24, 2.45) is 11.5 Å². The van der Waals surface area contributed by atoms with Gasteiger partial charge in [0.2, 0.25) is 5.91 Å². The van der Waals surface area contributed by atoms with Crippen molar-refractivity contribution in [3.63, 3.8) is 0 Å². The van der Waals surface area contributed by atoms with E-state index in [4.69, 9.17) is 27.8 Å². The molecule has 0 aromatic heterocycles. The number of nitrogens with two attached hydrogens (primary N) is 2. The molecule has 17 heavy (non-hydrogen) atoms. The van der Waals surface area contributed by atoms with Crippen LogP contribution < -0.4 is 21.5 Å². The number of carbonyl (C=O) groups excluding carboxylic acids is 1. The molecule has 0 saturated heterocycles. The SMILES string of the molecule is COc1cc(Cl)c(C)cc1NCC(N)C(N)=O. The van der Waals surface area contributed by atoms with E-state index < -0.39 is 11.9 Å². The van der Waals surface area contributed by atoms with Gasteiger partial charge in [0, 0.05) is 17.6 Å². The van der Waals surface area contributed by atoms with E-state index in [0.29, 0.717) is 10.8 Å². The molecule has 0 spiro atoms. The molecule has 5 N–H and O–H groups in total.